The molecular formula is C17H27N3. The normalized spacial score (nSPS) is 13.0. The molecule has 1 aromatic heterocycles. The molecule has 0 amide bonds. The first-order valence-electron chi connectivity index (χ1n) is 7.86. The van der Waals surface area contributed by atoms with Crippen molar-refractivity contribution in [3.05, 3.63) is 29.6 Å². The van der Waals surface area contributed by atoms with E-state index < -0.39 is 0 Å². The fourth-order valence-electron chi connectivity index (χ4n) is 2.71. The van der Waals surface area contributed by atoms with Gasteiger partial charge in [-0.25, -0.2) is 4.98 Å². The molecule has 0 aliphatic rings. The Balaban J connectivity index is 2.18. The molecule has 0 bridgehead atoms. The van der Waals surface area contributed by atoms with Gasteiger partial charge in [-0.3, -0.25) is 0 Å². The van der Waals surface area contributed by atoms with Crippen molar-refractivity contribution in [2.24, 2.45) is 5.73 Å². The topological polar surface area (TPSA) is 43.8 Å². The molecule has 1 atom stereocenters. The fraction of sp³-hybridized carbons (Fsp3) is 0.588. The Morgan fingerprint density at radius 2 is 1.95 bits per heavy atom. The van der Waals surface area contributed by atoms with Crippen LogP contribution >= 0.6 is 0 Å². The fourth-order valence-corrected chi connectivity index (χ4v) is 2.71. The summed E-state index contributed by atoms with van der Waals surface area (Å²) in [6.45, 7) is 7.40. The summed E-state index contributed by atoms with van der Waals surface area (Å²) in [5, 5.41) is 0. The van der Waals surface area contributed by atoms with Gasteiger partial charge in [0.05, 0.1) is 17.1 Å². The van der Waals surface area contributed by atoms with E-state index in [1.807, 2.05) is 6.92 Å². The van der Waals surface area contributed by atoms with Crippen LogP contribution in [-0.2, 0) is 6.54 Å². The van der Waals surface area contributed by atoms with Crippen LogP contribution in [0.5, 0.6) is 0 Å². The standard InChI is InChI=1S/C17H27N3/c1-4-5-6-7-8-11-20-16-10-9-13(2)12-15(16)19-17(20)14(3)18/h9-10,12,14H,4-8,11,18H2,1-3H3. The van der Waals surface area contributed by atoms with Gasteiger partial charge in [-0.15, -0.1) is 0 Å². The van der Waals surface area contributed by atoms with Crippen LogP contribution in [0.2, 0.25) is 0 Å². The number of aryl methyl sites for hydroxylation is 2. The summed E-state index contributed by atoms with van der Waals surface area (Å²) < 4.78 is 2.31. The van der Waals surface area contributed by atoms with Crippen LogP contribution in [0.3, 0.4) is 0 Å². The molecule has 3 heteroatoms. The third kappa shape index (κ3) is 3.40. The number of hydrogen-bond acceptors (Lipinski definition) is 2. The molecule has 0 spiro atoms. The average molecular weight is 273 g/mol. The molecule has 1 unspecified atom stereocenters. The maximum atomic E-state index is 6.09. The minimum Gasteiger partial charge on any atom is -0.327 e. The number of imidazole rings is 1. The lowest BCUT2D eigenvalue weighted by Crippen LogP contribution is -2.13. The molecule has 0 radical (unpaired) electrons. The minimum absolute atomic E-state index is 0.0154. The van der Waals surface area contributed by atoms with Gasteiger partial charge in [0, 0.05) is 6.54 Å². The minimum atomic E-state index is -0.0154. The molecule has 0 fully saturated rings. The first-order valence-corrected chi connectivity index (χ1v) is 7.86. The SMILES string of the molecule is CCCCCCCn1c(C(C)N)nc2cc(C)ccc21. The third-order valence-corrected chi connectivity index (χ3v) is 3.83. The Morgan fingerprint density at radius 3 is 2.65 bits per heavy atom. The molecule has 2 rings (SSSR count). The lowest BCUT2D eigenvalue weighted by Gasteiger charge is -2.11. The van der Waals surface area contributed by atoms with Crippen LogP contribution in [0.4, 0.5) is 0 Å². The zero-order chi connectivity index (χ0) is 14.5. The van der Waals surface area contributed by atoms with Gasteiger partial charge in [0.25, 0.3) is 0 Å². The van der Waals surface area contributed by atoms with Crippen molar-refractivity contribution in [1.82, 2.24) is 9.55 Å². The van der Waals surface area contributed by atoms with E-state index >= 15 is 0 Å². The van der Waals surface area contributed by atoms with Gasteiger partial charge in [0.2, 0.25) is 0 Å². The van der Waals surface area contributed by atoms with Crippen LogP contribution in [0.15, 0.2) is 18.2 Å². The number of rotatable bonds is 7. The van der Waals surface area contributed by atoms with Crippen LogP contribution in [-0.4, -0.2) is 9.55 Å². The average Bonchev–Trinajstić information content (AvgIpc) is 2.76. The van der Waals surface area contributed by atoms with E-state index in [0.29, 0.717) is 0 Å². The molecule has 2 N–H and O–H groups in total. The smallest absolute Gasteiger partial charge is 0.126 e. The van der Waals surface area contributed by atoms with Gasteiger partial charge in [0.15, 0.2) is 0 Å². The summed E-state index contributed by atoms with van der Waals surface area (Å²) in [4.78, 5) is 4.73. The van der Waals surface area contributed by atoms with E-state index in [2.05, 4.69) is 36.6 Å². The van der Waals surface area contributed by atoms with Gasteiger partial charge in [-0.05, 0) is 38.0 Å². The molecule has 0 saturated heterocycles. The molecular weight excluding hydrogens is 246 g/mol. The Labute approximate surface area is 122 Å². The summed E-state index contributed by atoms with van der Waals surface area (Å²) in [6, 6.07) is 6.46. The van der Waals surface area contributed by atoms with E-state index in [4.69, 9.17) is 10.7 Å². The summed E-state index contributed by atoms with van der Waals surface area (Å²) >= 11 is 0. The highest BCUT2D eigenvalue weighted by molar-refractivity contribution is 5.77. The Bertz CT molecular complexity index is 555. The second-order valence-corrected chi connectivity index (χ2v) is 5.82. The van der Waals surface area contributed by atoms with Crippen molar-refractivity contribution in [2.75, 3.05) is 0 Å². The predicted molar refractivity (Wildman–Crippen MR) is 85.8 cm³/mol. The van der Waals surface area contributed by atoms with Crippen molar-refractivity contribution in [2.45, 2.75) is 65.5 Å². The molecule has 2 aromatic rings. The summed E-state index contributed by atoms with van der Waals surface area (Å²) in [5.74, 6) is 1.01. The summed E-state index contributed by atoms with van der Waals surface area (Å²) in [6.07, 6.45) is 6.45. The van der Waals surface area contributed by atoms with Crippen molar-refractivity contribution in [3.63, 3.8) is 0 Å². The third-order valence-electron chi connectivity index (χ3n) is 3.83. The number of nitrogens with two attached hydrogens (primary N) is 1. The predicted octanol–water partition coefficient (Wildman–Crippen LogP) is 4.33. The Hall–Kier alpha value is -1.35. The van der Waals surface area contributed by atoms with Crippen molar-refractivity contribution < 1.29 is 0 Å². The van der Waals surface area contributed by atoms with Gasteiger partial charge >= 0.3 is 0 Å². The van der Waals surface area contributed by atoms with Crippen LogP contribution in [0.25, 0.3) is 11.0 Å². The van der Waals surface area contributed by atoms with E-state index in [1.165, 1.54) is 43.2 Å². The largest absolute Gasteiger partial charge is 0.327 e. The highest BCUT2D eigenvalue weighted by Gasteiger charge is 2.13. The maximum Gasteiger partial charge on any atom is 0.126 e. The molecule has 3 nitrogen and oxygen atoms in total. The summed E-state index contributed by atoms with van der Waals surface area (Å²) in [5.41, 5.74) is 9.63. The van der Waals surface area contributed by atoms with E-state index in [9.17, 15) is 0 Å². The zero-order valence-corrected chi connectivity index (χ0v) is 13.0. The Kier molecular flexibility index (Phi) is 5.18. The van der Waals surface area contributed by atoms with E-state index in [-0.39, 0.29) is 6.04 Å². The monoisotopic (exact) mass is 273 g/mol. The molecule has 1 heterocycles. The van der Waals surface area contributed by atoms with Gasteiger partial charge < -0.3 is 10.3 Å². The molecule has 20 heavy (non-hydrogen) atoms. The van der Waals surface area contributed by atoms with Gasteiger partial charge in [0.1, 0.15) is 5.82 Å². The van der Waals surface area contributed by atoms with Crippen molar-refractivity contribution in [1.29, 1.82) is 0 Å². The number of fused-ring (bicyclic) bond motifs is 1. The van der Waals surface area contributed by atoms with Crippen LogP contribution in [0, 0.1) is 6.92 Å². The maximum absolute atomic E-state index is 6.09. The first-order chi connectivity index (χ1) is 9.63. The van der Waals surface area contributed by atoms with Crippen molar-refractivity contribution >= 4 is 11.0 Å². The molecule has 110 valence electrons. The van der Waals surface area contributed by atoms with Crippen molar-refractivity contribution in [3.8, 4) is 0 Å². The highest BCUT2D eigenvalue weighted by Crippen LogP contribution is 2.22. The van der Waals surface area contributed by atoms with E-state index in [1.54, 1.807) is 0 Å². The quantitative estimate of drug-likeness (QED) is 0.763. The summed E-state index contributed by atoms with van der Waals surface area (Å²) in [7, 11) is 0. The second kappa shape index (κ2) is 6.89. The first kappa shape index (κ1) is 15.0. The second-order valence-electron chi connectivity index (χ2n) is 5.82. The zero-order valence-electron chi connectivity index (χ0n) is 13.0. The molecule has 0 aliphatic heterocycles. The lowest BCUT2D eigenvalue weighted by molar-refractivity contribution is 0.549. The van der Waals surface area contributed by atoms with E-state index in [0.717, 1.165) is 17.9 Å². The van der Waals surface area contributed by atoms with Gasteiger partial charge in [-0.2, -0.15) is 0 Å². The number of aromatic nitrogens is 2. The van der Waals surface area contributed by atoms with Crippen LogP contribution < -0.4 is 5.73 Å². The molecule has 0 saturated carbocycles. The number of nitrogens with zero attached hydrogens (tertiary/aromatic N) is 2. The number of benzene rings is 1. The lowest BCUT2D eigenvalue weighted by atomic mass is 10.1. The Morgan fingerprint density at radius 1 is 1.20 bits per heavy atom. The highest BCUT2D eigenvalue weighted by atomic mass is 15.1. The number of unbranched alkanes of at least 4 members (excludes halogenated alkanes) is 4. The molecule has 0 aliphatic carbocycles. The molecule has 1 aromatic carbocycles. The van der Waals surface area contributed by atoms with Gasteiger partial charge in [-0.1, -0.05) is 38.7 Å². The van der Waals surface area contributed by atoms with Crippen LogP contribution in [0.1, 0.15) is 63.4 Å². The number of hydrogen-bond donors (Lipinski definition) is 1.